The van der Waals surface area contributed by atoms with Crippen molar-refractivity contribution >= 4 is 27.5 Å². The number of aromatic amines is 1. The van der Waals surface area contributed by atoms with Crippen LogP contribution < -0.4 is 5.32 Å². The fourth-order valence-electron chi connectivity index (χ4n) is 1.62. The highest BCUT2D eigenvalue weighted by Crippen LogP contribution is 2.26. The van der Waals surface area contributed by atoms with E-state index in [1.54, 1.807) is 12.1 Å². The molecule has 100 valence electrons. The van der Waals surface area contributed by atoms with Gasteiger partial charge in [0, 0.05) is 0 Å². The maximum atomic E-state index is 13.4. The summed E-state index contributed by atoms with van der Waals surface area (Å²) in [6, 6.07) is 6.00. The predicted molar refractivity (Wildman–Crippen MR) is 74.7 cm³/mol. The SMILES string of the molecule is CC(C)c1[nH]nc(C(=O)Nc2ccccc2F)c1Br. The topological polar surface area (TPSA) is 57.8 Å². The molecule has 0 atom stereocenters. The Morgan fingerprint density at radius 3 is 2.68 bits per heavy atom. The Kier molecular flexibility index (Phi) is 3.99. The Balaban J connectivity index is 2.24. The molecule has 1 aromatic heterocycles. The average molecular weight is 326 g/mol. The molecule has 0 bridgehead atoms. The Morgan fingerprint density at radius 1 is 1.42 bits per heavy atom. The molecule has 0 aliphatic rings. The average Bonchev–Trinajstić information content (AvgIpc) is 2.74. The number of aromatic nitrogens is 2. The van der Waals surface area contributed by atoms with E-state index in [0.717, 1.165) is 5.69 Å². The van der Waals surface area contributed by atoms with Gasteiger partial charge in [-0.15, -0.1) is 0 Å². The normalized spacial score (nSPS) is 10.8. The van der Waals surface area contributed by atoms with E-state index in [-0.39, 0.29) is 17.3 Å². The molecule has 2 rings (SSSR count). The molecule has 1 amide bonds. The Morgan fingerprint density at radius 2 is 2.11 bits per heavy atom. The van der Waals surface area contributed by atoms with Gasteiger partial charge in [-0.1, -0.05) is 26.0 Å². The summed E-state index contributed by atoms with van der Waals surface area (Å²) in [7, 11) is 0. The molecular weight excluding hydrogens is 313 g/mol. The first kappa shape index (κ1) is 13.7. The number of carbonyl (C=O) groups excluding carboxylic acids is 1. The summed E-state index contributed by atoms with van der Waals surface area (Å²) in [5, 5.41) is 9.25. The Hall–Kier alpha value is -1.69. The maximum absolute atomic E-state index is 13.4. The summed E-state index contributed by atoms with van der Waals surface area (Å²) in [6.45, 7) is 3.97. The van der Waals surface area contributed by atoms with Crippen molar-refractivity contribution in [2.45, 2.75) is 19.8 Å². The van der Waals surface area contributed by atoms with Gasteiger partial charge < -0.3 is 5.32 Å². The first-order chi connectivity index (χ1) is 9.00. The second-order valence-electron chi connectivity index (χ2n) is 4.39. The van der Waals surface area contributed by atoms with Gasteiger partial charge in [0.25, 0.3) is 5.91 Å². The van der Waals surface area contributed by atoms with Crippen LogP contribution in [-0.4, -0.2) is 16.1 Å². The van der Waals surface area contributed by atoms with Crippen LogP contribution in [0.2, 0.25) is 0 Å². The highest BCUT2D eigenvalue weighted by atomic mass is 79.9. The quantitative estimate of drug-likeness (QED) is 0.904. The predicted octanol–water partition coefficient (Wildman–Crippen LogP) is 3.69. The number of nitrogens with zero attached hydrogens (tertiary/aromatic N) is 1. The monoisotopic (exact) mass is 325 g/mol. The zero-order chi connectivity index (χ0) is 14.0. The number of benzene rings is 1. The van der Waals surface area contributed by atoms with Crippen LogP contribution in [0.5, 0.6) is 0 Å². The van der Waals surface area contributed by atoms with Crippen molar-refractivity contribution in [2.24, 2.45) is 0 Å². The van der Waals surface area contributed by atoms with Crippen molar-refractivity contribution < 1.29 is 9.18 Å². The fourth-order valence-corrected chi connectivity index (χ4v) is 2.43. The highest BCUT2D eigenvalue weighted by molar-refractivity contribution is 9.10. The summed E-state index contributed by atoms with van der Waals surface area (Å²) in [4.78, 5) is 12.0. The molecule has 0 unspecified atom stereocenters. The molecule has 4 nitrogen and oxygen atoms in total. The van der Waals surface area contributed by atoms with E-state index in [9.17, 15) is 9.18 Å². The van der Waals surface area contributed by atoms with Crippen LogP contribution in [0.4, 0.5) is 10.1 Å². The molecule has 2 aromatic rings. The standard InChI is InChI=1S/C13H13BrFN3O/c1-7(2)11-10(14)12(18-17-11)13(19)16-9-6-4-3-5-8(9)15/h3-7H,1-2H3,(H,16,19)(H,17,18). The molecule has 0 saturated heterocycles. The summed E-state index contributed by atoms with van der Waals surface area (Å²) in [5.74, 6) is -0.733. The van der Waals surface area contributed by atoms with Crippen molar-refractivity contribution in [2.75, 3.05) is 5.32 Å². The summed E-state index contributed by atoms with van der Waals surface area (Å²) in [5.41, 5.74) is 1.18. The molecule has 0 spiro atoms. The smallest absolute Gasteiger partial charge is 0.277 e. The Bertz CT molecular complexity index is 610. The lowest BCUT2D eigenvalue weighted by Crippen LogP contribution is -2.14. The van der Waals surface area contributed by atoms with Crippen LogP contribution in [0, 0.1) is 5.82 Å². The molecule has 2 N–H and O–H groups in total. The van der Waals surface area contributed by atoms with Crippen LogP contribution in [-0.2, 0) is 0 Å². The van der Waals surface area contributed by atoms with Crippen LogP contribution in [0.3, 0.4) is 0 Å². The number of anilines is 1. The molecule has 0 radical (unpaired) electrons. The molecule has 1 aromatic carbocycles. The van der Waals surface area contributed by atoms with Gasteiger partial charge in [-0.2, -0.15) is 5.10 Å². The zero-order valence-electron chi connectivity index (χ0n) is 10.5. The number of halogens is 2. The molecule has 19 heavy (non-hydrogen) atoms. The molecule has 6 heteroatoms. The lowest BCUT2D eigenvalue weighted by molar-refractivity contribution is 0.102. The van der Waals surface area contributed by atoms with E-state index < -0.39 is 11.7 Å². The number of hydrogen-bond acceptors (Lipinski definition) is 2. The number of nitrogens with one attached hydrogen (secondary N) is 2. The van der Waals surface area contributed by atoms with Gasteiger partial charge in [-0.25, -0.2) is 4.39 Å². The number of para-hydroxylation sites is 1. The first-order valence-electron chi connectivity index (χ1n) is 5.80. The van der Waals surface area contributed by atoms with E-state index in [1.807, 2.05) is 13.8 Å². The summed E-state index contributed by atoms with van der Waals surface area (Å²) >= 11 is 3.34. The van der Waals surface area contributed by atoms with Crippen molar-refractivity contribution in [3.05, 3.63) is 45.9 Å². The number of carbonyl (C=O) groups is 1. The van der Waals surface area contributed by atoms with E-state index >= 15 is 0 Å². The minimum atomic E-state index is -0.480. The Labute approximate surface area is 118 Å². The van der Waals surface area contributed by atoms with Gasteiger partial charge in [-0.05, 0) is 34.0 Å². The van der Waals surface area contributed by atoms with Gasteiger partial charge in [0.1, 0.15) is 5.82 Å². The van der Waals surface area contributed by atoms with Crippen LogP contribution in [0.1, 0.15) is 35.9 Å². The van der Waals surface area contributed by atoms with Crippen LogP contribution in [0.15, 0.2) is 28.7 Å². The van der Waals surface area contributed by atoms with Gasteiger partial charge in [-0.3, -0.25) is 9.89 Å². The minimum absolute atomic E-state index is 0.133. The van der Waals surface area contributed by atoms with E-state index in [0.29, 0.717) is 4.47 Å². The van der Waals surface area contributed by atoms with Gasteiger partial charge >= 0.3 is 0 Å². The summed E-state index contributed by atoms with van der Waals surface area (Å²) in [6.07, 6.45) is 0. The van der Waals surface area contributed by atoms with Crippen molar-refractivity contribution in [3.63, 3.8) is 0 Å². The lowest BCUT2D eigenvalue weighted by Gasteiger charge is -2.05. The van der Waals surface area contributed by atoms with E-state index in [4.69, 9.17) is 0 Å². The number of hydrogen-bond donors (Lipinski definition) is 2. The number of amides is 1. The van der Waals surface area contributed by atoms with E-state index in [2.05, 4.69) is 31.4 Å². The van der Waals surface area contributed by atoms with Crippen molar-refractivity contribution in [1.82, 2.24) is 10.2 Å². The minimum Gasteiger partial charge on any atom is -0.318 e. The zero-order valence-corrected chi connectivity index (χ0v) is 12.1. The van der Waals surface area contributed by atoms with Gasteiger partial charge in [0.2, 0.25) is 0 Å². The second-order valence-corrected chi connectivity index (χ2v) is 5.18. The third kappa shape index (κ3) is 2.84. The summed E-state index contributed by atoms with van der Waals surface area (Å²) < 4.78 is 14.1. The fraction of sp³-hybridized carbons (Fsp3) is 0.231. The molecule has 0 aliphatic carbocycles. The first-order valence-corrected chi connectivity index (χ1v) is 6.59. The molecular formula is C13H13BrFN3O. The van der Waals surface area contributed by atoms with Crippen molar-refractivity contribution in [3.8, 4) is 0 Å². The maximum Gasteiger partial charge on any atom is 0.277 e. The van der Waals surface area contributed by atoms with Crippen LogP contribution >= 0.6 is 15.9 Å². The number of rotatable bonds is 3. The second kappa shape index (κ2) is 5.52. The molecule has 1 heterocycles. The third-order valence-electron chi connectivity index (χ3n) is 2.65. The van der Waals surface area contributed by atoms with E-state index in [1.165, 1.54) is 12.1 Å². The number of H-pyrrole nitrogens is 1. The molecule has 0 aliphatic heterocycles. The lowest BCUT2D eigenvalue weighted by atomic mass is 10.1. The van der Waals surface area contributed by atoms with Gasteiger partial charge in [0.05, 0.1) is 15.9 Å². The largest absolute Gasteiger partial charge is 0.318 e. The molecule has 0 saturated carbocycles. The van der Waals surface area contributed by atoms with Crippen LogP contribution in [0.25, 0.3) is 0 Å². The third-order valence-corrected chi connectivity index (χ3v) is 3.45. The molecule has 0 fully saturated rings. The van der Waals surface area contributed by atoms with Gasteiger partial charge in [0.15, 0.2) is 5.69 Å². The van der Waals surface area contributed by atoms with Crippen molar-refractivity contribution in [1.29, 1.82) is 0 Å². The highest BCUT2D eigenvalue weighted by Gasteiger charge is 2.19.